The Balaban J connectivity index is 2.03. The van der Waals surface area contributed by atoms with Crippen molar-refractivity contribution >= 4 is 23.7 Å². The van der Waals surface area contributed by atoms with Crippen molar-refractivity contribution in [1.29, 1.82) is 0 Å². The van der Waals surface area contributed by atoms with Crippen LogP contribution in [0.15, 0.2) is 30.3 Å². The van der Waals surface area contributed by atoms with Gasteiger partial charge in [-0.25, -0.2) is 4.79 Å². The third kappa shape index (κ3) is 6.02. The lowest BCUT2D eigenvalue weighted by molar-refractivity contribution is -0.144. The largest absolute Gasteiger partial charge is 0.480 e. The summed E-state index contributed by atoms with van der Waals surface area (Å²) in [6, 6.07) is 5.54. The molecule has 0 unspecified atom stereocenters. The van der Waals surface area contributed by atoms with Gasteiger partial charge in [0.15, 0.2) is 0 Å². The number of carboxylic acids is 1. The van der Waals surface area contributed by atoms with Crippen LogP contribution in [0.5, 0.6) is 0 Å². The van der Waals surface area contributed by atoms with Crippen LogP contribution < -0.4 is 16.4 Å². The average Bonchev–Trinajstić information content (AvgIpc) is 3.17. The minimum atomic E-state index is -1.14. The smallest absolute Gasteiger partial charge is 0.326 e. The number of carboxylic acid groups (broad SMARTS) is 1. The van der Waals surface area contributed by atoms with Crippen molar-refractivity contribution in [2.75, 3.05) is 6.54 Å². The summed E-state index contributed by atoms with van der Waals surface area (Å²) in [4.78, 5) is 50.2. The van der Waals surface area contributed by atoms with Gasteiger partial charge in [-0.05, 0) is 32.3 Å². The van der Waals surface area contributed by atoms with Crippen molar-refractivity contribution in [2.24, 2.45) is 5.73 Å². The lowest BCUT2D eigenvalue weighted by atomic mass is 10.1. The lowest BCUT2D eigenvalue weighted by Crippen LogP contribution is -2.56. The van der Waals surface area contributed by atoms with Crippen LogP contribution in [-0.4, -0.2) is 64.4 Å². The van der Waals surface area contributed by atoms with Crippen LogP contribution >= 0.6 is 0 Å². The fourth-order valence-corrected chi connectivity index (χ4v) is 3.28. The zero-order chi connectivity index (χ0) is 21.6. The molecule has 1 aliphatic rings. The summed E-state index contributed by atoms with van der Waals surface area (Å²) in [5.41, 5.74) is 6.29. The molecule has 0 saturated carbocycles. The molecule has 1 fully saturated rings. The predicted molar refractivity (Wildman–Crippen MR) is 106 cm³/mol. The normalized spacial score (nSPS) is 19.1. The van der Waals surface area contributed by atoms with Gasteiger partial charge in [0.2, 0.25) is 17.7 Å². The fourth-order valence-electron chi connectivity index (χ4n) is 3.28. The zero-order valence-corrected chi connectivity index (χ0v) is 16.6. The number of benzene rings is 1. The van der Waals surface area contributed by atoms with E-state index < -0.39 is 47.9 Å². The van der Waals surface area contributed by atoms with Crippen LogP contribution in [0.4, 0.5) is 0 Å². The number of nitrogens with two attached hydrogens (primary N) is 1. The Morgan fingerprint density at radius 1 is 1.17 bits per heavy atom. The maximum Gasteiger partial charge on any atom is 0.326 e. The van der Waals surface area contributed by atoms with E-state index in [0.29, 0.717) is 19.4 Å². The Morgan fingerprint density at radius 3 is 2.41 bits per heavy atom. The van der Waals surface area contributed by atoms with E-state index in [1.165, 1.54) is 18.7 Å². The van der Waals surface area contributed by atoms with E-state index in [4.69, 9.17) is 5.73 Å². The number of carbonyl (C=O) groups is 4. The van der Waals surface area contributed by atoms with Gasteiger partial charge in [0.25, 0.3) is 0 Å². The standard InChI is InChI=1S/C20H28N4O5/c1-12(21)17(25)22-13(2)19(27)24-10-6-9-16(24)18(26)23-15(20(28)29)11-14-7-4-3-5-8-14/h3-5,7-8,12-13,15-16H,6,9-11,21H2,1-2H3,(H,22,25)(H,23,26)(H,28,29)/t12-,13-,15-,16-/m0/s1. The minimum Gasteiger partial charge on any atom is -0.480 e. The van der Waals surface area contributed by atoms with Gasteiger partial charge in [0.05, 0.1) is 6.04 Å². The number of hydrogen-bond donors (Lipinski definition) is 4. The maximum atomic E-state index is 12.7. The van der Waals surface area contributed by atoms with Gasteiger partial charge in [-0.2, -0.15) is 0 Å². The second-order valence-corrected chi connectivity index (χ2v) is 7.30. The first-order valence-electron chi connectivity index (χ1n) is 9.64. The average molecular weight is 404 g/mol. The van der Waals surface area contributed by atoms with Crippen molar-refractivity contribution in [1.82, 2.24) is 15.5 Å². The quantitative estimate of drug-likeness (QED) is 0.466. The highest BCUT2D eigenvalue weighted by atomic mass is 16.4. The van der Waals surface area contributed by atoms with Crippen LogP contribution in [0, 0.1) is 0 Å². The molecular formula is C20H28N4O5. The van der Waals surface area contributed by atoms with E-state index >= 15 is 0 Å². The van der Waals surface area contributed by atoms with Crippen molar-refractivity contribution < 1.29 is 24.3 Å². The van der Waals surface area contributed by atoms with Crippen LogP contribution in [0.3, 0.4) is 0 Å². The van der Waals surface area contributed by atoms with Gasteiger partial charge in [-0.15, -0.1) is 0 Å². The molecule has 5 N–H and O–H groups in total. The number of aliphatic carboxylic acids is 1. The predicted octanol–water partition coefficient (Wildman–Crippen LogP) is -0.359. The summed E-state index contributed by atoms with van der Waals surface area (Å²) < 4.78 is 0. The van der Waals surface area contributed by atoms with Crippen LogP contribution in [0.2, 0.25) is 0 Å². The summed E-state index contributed by atoms with van der Waals surface area (Å²) in [6.45, 7) is 3.41. The molecule has 1 aliphatic heterocycles. The lowest BCUT2D eigenvalue weighted by Gasteiger charge is -2.28. The van der Waals surface area contributed by atoms with Gasteiger partial charge in [-0.1, -0.05) is 30.3 Å². The Morgan fingerprint density at radius 2 is 1.83 bits per heavy atom. The highest BCUT2D eigenvalue weighted by molar-refractivity contribution is 5.94. The molecule has 1 saturated heterocycles. The second-order valence-electron chi connectivity index (χ2n) is 7.30. The molecule has 1 aromatic rings. The molecule has 4 atom stereocenters. The molecule has 0 aliphatic carbocycles. The number of likely N-dealkylation sites (tertiary alicyclic amines) is 1. The number of nitrogens with zero attached hydrogens (tertiary/aromatic N) is 1. The van der Waals surface area contributed by atoms with Gasteiger partial charge >= 0.3 is 5.97 Å². The molecule has 9 heteroatoms. The fraction of sp³-hybridized carbons (Fsp3) is 0.500. The van der Waals surface area contributed by atoms with Crippen molar-refractivity contribution in [3.63, 3.8) is 0 Å². The molecule has 0 bridgehead atoms. The van der Waals surface area contributed by atoms with E-state index in [9.17, 15) is 24.3 Å². The number of hydrogen-bond acceptors (Lipinski definition) is 5. The molecule has 9 nitrogen and oxygen atoms in total. The SMILES string of the molecule is C[C@H](N)C(=O)N[C@@H](C)C(=O)N1CCC[C@H]1C(=O)N[C@@H](Cc1ccccc1)C(=O)O. The topological polar surface area (TPSA) is 142 Å². The molecule has 29 heavy (non-hydrogen) atoms. The van der Waals surface area contributed by atoms with Crippen molar-refractivity contribution in [2.45, 2.75) is 57.3 Å². The molecule has 1 heterocycles. The third-order valence-corrected chi connectivity index (χ3v) is 4.88. The van der Waals surface area contributed by atoms with E-state index in [0.717, 1.165) is 5.56 Å². The van der Waals surface area contributed by atoms with Crippen molar-refractivity contribution in [3.8, 4) is 0 Å². The van der Waals surface area contributed by atoms with Gasteiger partial charge < -0.3 is 26.4 Å². The van der Waals surface area contributed by atoms with Crippen LogP contribution in [-0.2, 0) is 25.6 Å². The van der Waals surface area contributed by atoms with Crippen LogP contribution in [0.25, 0.3) is 0 Å². The Bertz CT molecular complexity index is 752. The highest BCUT2D eigenvalue weighted by Gasteiger charge is 2.37. The first-order chi connectivity index (χ1) is 13.7. The summed E-state index contributed by atoms with van der Waals surface area (Å²) in [7, 11) is 0. The van der Waals surface area contributed by atoms with Crippen LogP contribution in [0.1, 0.15) is 32.3 Å². The molecule has 0 aromatic heterocycles. The van der Waals surface area contributed by atoms with Gasteiger partial charge in [0, 0.05) is 13.0 Å². The summed E-state index contributed by atoms with van der Waals surface area (Å²) >= 11 is 0. The molecule has 2 rings (SSSR count). The summed E-state index contributed by atoms with van der Waals surface area (Å²) in [6.07, 6.45) is 1.20. The first-order valence-corrected chi connectivity index (χ1v) is 9.64. The maximum absolute atomic E-state index is 12.7. The summed E-state index contributed by atoms with van der Waals surface area (Å²) in [5, 5.41) is 14.6. The second kappa shape index (κ2) is 10.0. The molecular weight excluding hydrogens is 376 g/mol. The summed E-state index contributed by atoms with van der Waals surface area (Å²) in [5.74, 6) is -2.51. The van der Waals surface area contributed by atoms with E-state index in [1.807, 2.05) is 6.07 Å². The van der Waals surface area contributed by atoms with E-state index in [1.54, 1.807) is 24.3 Å². The number of carbonyl (C=O) groups excluding carboxylic acids is 3. The molecule has 3 amide bonds. The molecule has 0 radical (unpaired) electrons. The first kappa shape index (κ1) is 22.4. The Labute approximate surface area is 169 Å². The minimum absolute atomic E-state index is 0.142. The van der Waals surface area contributed by atoms with E-state index in [2.05, 4.69) is 10.6 Å². The number of rotatable bonds is 8. The Hall–Kier alpha value is -2.94. The van der Waals surface area contributed by atoms with E-state index in [-0.39, 0.29) is 6.42 Å². The number of nitrogens with one attached hydrogen (secondary N) is 2. The molecule has 0 spiro atoms. The van der Waals surface area contributed by atoms with Crippen molar-refractivity contribution in [3.05, 3.63) is 35.9 Å². The zero-order valence-electron chi connectivity index (χ0n) is 16.6. The highest BCUT2D eigenvalue weighted by Crippen LogP contribution is 2.19. The molecule has 1 aromatic carbocycles. The van der Waals surface area contributed by atoms with Gasteiger partial charge in [0.1, 0.15) is 18.1 Å². The van der Waals surface area contributed by atoms with Gasteiger partial charge in [-0.3, -0.25) is 14.4 Å². The number of amides is 3. The Kier molecular flexibility index (Phi) is 7.72. The third-order valence-electron chi connectivity index (χ3n) is 4.88. The molecule has 158 valence electrons. The monoisotopic (exact) mass is 404 g/mol.